The SMILES string of the molecule is Cc1nccc(-c2noc([C@@H]3Cc4ccccc4N3)n2)n1. The molecule has 104 valence electrons. The first-order valence-corrected chi connectivity index (χ1v) is 6.78. The normalized spacial score (nSPS) is 16.5. The number of aromatic nitrogens is 4. The van der Waals surface area contributed by atoms with E-state index in [2.05, 4.69) is 37.6 Å². The van der Waals surface area contributed by atoms with Gasteiger partial charge in [-0.1, -0.05) is 23.4 Å². The van der Waals surface area contributed by atoms with Gasteiger partial charge in [-0.15, -0.1) is 0 Å². The van der Waals surface area contributed by atoms with Gasteiger partial charge in [-0.05, 0) is 24.6 Å². The number of anilines is 1. The molecule has 0 fully saturated rings. The summed E-state index contributed by atoms with van der Waals surface area (Å²) in [5, 5.41) is 7.42. The van der Waals surface area contributed by atoms with Gasteiger partial charge in [0.25, 0.3) is 0 Å². The van der Waals surface area contributed by atoms with Gasteiger partial charge in [0.15, 0.2) is 0 Å². The van der Waals surface area contributed by atoms with Crippen molar-refractivity contribution >= 4 is 5.69 Å². The minimum atomic E-state index is 0.0200. The Labute approximate surface area is 121 Å². The van der Waals surface area contributed by atoms with Crippen LogP contribution in [0.5, 0.6) is 0 Å². The zero-order valence-electron chi connectivity index (χ0n) is 11.4. The third-order valence-electron chi connectivity index (χ3n) is 3.52. The van der Waals surface area contributed by atoms with E-state index in [1.54, 1.807) is 12.3 Å². The lowest BCUT2D eigenvalue weighted by atomic mass is 10.1. The third kappa shape index (κ3) is 2.14. The maximum absolute atomic E-state index is 5.39. The van der Waals surface area contributed by atoms with Crippen LogP contribution in [0.25, 0.3) is 11.5 Å². The lowest BCUT2D eigenvalue weighted by Gasteiger charge is -2.04. The number of para-hydroxylation sites is 1. The van der Waals surface area contributed by atoms with Crippen LogP contribution in [-0.4, -0.2) is 20.1 Å². The highest BCUT2D eigenvalue weighted by atomic mass is 16.5. The lowest BCUT2D eigenvalue weighted by Crippen LogP contribution is -2.06. The van der Waals surface area contributed by atoms with Crippen LogP contribution in [0.1, 0.15) is 23.3 Å². The van der Waals surface area contributed by atoms with E-state index >= 15 is 0 Å². The summed E-state index contributed by atoms with van der Waals surface area (Å²) in [6.45, 7) is 1.83. The Bertz CT molecular complexity index is 773. The highest BCUT2D eigenvalue weighted by molar-refractivity contribution is 5.57. The Balaban J connectivity index is 1.62. The third-order valence-corrected chi connectivity index (χ3v) is 3.52. The summed E-state index contributed by atoms with van der Waals surface area (Å²) >= 11 is 0. The zero-order chi connectivity index (χ0) is 14.2. The molecular formula is C15H13N5O. The van der Waals surface area contributed by atoms with E-state index in [1.807, 2.05) is 19.1 Å². The average Bonchev–Trinajstić information content (AvgIpc) is 3.14. The highest BCUT2D eigenvalue weighted by Crippen LogP contribution is 2.33. The molecule has 0 spiro atoms. The smallest absolute Gasteiger partial charge is 0.249 e. The summed E-state index contributed by atoms with van der Waals surface area (Å²) in [6.07, 6.45) is 2.54. The van der Waals surface area contributed by atoms with Gasteiger partial charge in [-0.2, -0.15) is 4.98 Å². The summed E-state index contributed by atoms with van der Waals surface area (Å²) in [5.41, 5.74) is 3.06. The van der Waals surface area contributed by atoms with Crippen LogP contribution >= 0.6 is 0 Å². The first-order valence-electron chi connectivity index (χ1n) is 6.78. The minimum absolute atomic E-state index is 0.0200. The van der Waals surface area contributed by atoms with Crippen LogP contribution in [-0.2, 0) is 6.42 Å². The van der Waals surface area contributed by atoms with Crippen molar-refractivity contribution in [1.29, 1.82) is 0 Å². The number of nitrogens with zero attached hydrogens (tertiary/aromatic N) is 4. The number of benzene rings is 1. The van der Waals surface area contributed by atoms with Gasteiger partial charge >= 0.3 is 0 Å². The quantitative estimate of drug-likeness (QED) is 0.776. The fourth-order valence-electron chi connectivity index (χ4n) is 2.51. The monoisotopic (exact) mass is 279 g/mol. The van der Waals surface area contributed by atoms with Gasteiger partial charge in [-0.3, -0.25) is 0 Å². The van der Waals surface area contributed by atoms with Crippen LogP contribution in [0.2, 0.25) is 0 Å². The maximum Gasteiger partial charge on any atom is 0.249 e. The molecule has 1 aliphatic heterocycles. The zero-order valence-corrected chi connectivity index (χ0v) is 11.4. The predicted molar refractivity (Wildman–Crippen MR) is 76.6 cm³/mol. The van der Waals surface area contributed by atoms with E-state index in [0.29, 0.717) is 23.2 Å². The Morgan fingerprint density at radius 3 is 2.95 bits per heavy atom. The first-order chi connectivity index (χ1) is 10.3. The molecular weight excluding hydrogens is 266 g/mol. The van der Waals surface area contributed by atoms with E-state index in [-0.39, 0.29) is 6.04 Å². The fourth-order valence-corrected chi connectivity index (χ4v) is 2.51. The molecule has 6 nitrogen and oxygen atoms in total. The van der Waals surface area contributed by atoms with Crippen molar-refractivity contribution in [3.8, 4) is 11.5 Å². The summed E-state index contributed by atoms with van der Waals surface area (Å²) in [5.74, 6) is 1.76. The van der Waals surface area contributed by atoms with E-state index in [0.717, 1.165) is 12.1 Å². The summed E-state index contributed by atoms with van der Waals surface area (Å²) in [6, 6.07) is 10.0. The molecule has 1 aromatic carbocycles. The Kier molecular flexibility index (Phi) is 2.67. The van der Waals surface area contributed by atoms with Crippen LogP contribution in [0.4, 0.5) is 5.69 Å². The van der Waals surface area contributed by atoms with E-state index in [4.69, 9.17) is 4.52 Å². The van der Waals surface area contributed by atoms with Gasteiger partial charge in [-0.25, -0.2) is 9.97 Å². The topological polar surface area (TPSA) is 76.7 Å². The van der Waals surface area contributed by atoms with Crippen LogP contribution in [0.15, 0.2) is 41.1 Å². The molecule has 3 heterocycles. The molecule has 0 unspecified atom stereocenters. The number of hydrogen-bond donors (Lipinski definition) is 1. The van der Waals surface area contributed by atoms with Crippen LogP contribution in [0, 0.1) is 6.92 Å². The standard InChI is InChI=1S/C15H13N5O/c1-9-16-7-6-12(17-9)14-19-15(21-20-14)13-8-10-4-2-3-5-11(10)18-13/h2-7,13,18H,8H2,1H3/t13-/m0/s1. The van der Waals surface area contributed by atoms with Crippen LogP contribution < -0.4 is 5.32 Å². The number of rotatable bonds is 2. The highest BCUT2D eigenvalue weighted by Gasteiger charge is 2.26. The minimum Gasteiger partial charge on any atom is -0.373 e. The summed E-state index contributed by atoms with van der Waals surface area (Å²) < 4.78 is 5.39. The Morgan fingerprint density at radius 2 is 2.10 bits per heavy atom. The number of aryl methyl sites for hydroxylation is 1. The molecule has 4 rings (SSSR count). The molecule has 0 saturated heterocycles. The molecule has 1 N–H and O–H groups in total. The van der Waals surface area contributed by atoms with Gasteiger partial charge in [0, 0.05) is 18.3 Å². The van der Waals surface area contributed by atoms with Crippen molar-refractivity contribution in [2.75, 3.05) is 5.32 Å². The van der Waals surface area contributed by atoms with Crippen molar-refractivity contribution in [1.82, 2.24) is 20.1 Å². The molecule has 2 aromatic heterocycles. The van der Waals surface area contributed by atoms with Crippen molar-refractivity contribution in [3.05, 3.63) is 53.8 Å². The van der Waals surface area contributed by atoms with Gasteiger partial charge < -0.3 is 9.84 Å². The molecule has 6 heteroatoms. The second kappa shape index (κ2) is 4.66. The van der Waals surface area contributed by atoms with Crippen LogP contribution in [0.3, 0.4) is 0 Å². The first kappa shape index (κ1) is 12.0. The summed E-state index contributed by atoms with van der Waals surface area (Å²) in [4.78, 5) is 12.8. The summed E-state index contributed by atoms with van der Waals surface area (Å²) in [7, 11) is 0. The number of hydrogen-bond acceptors (Lipinski definition) is 6. The maximum atomic E-state index is 5.39. The van der Waals surface area contributed by atoms with E-state index in [9.17, 15) is 0 Å². The predicted octanol–water partition coefficient (Wildman–Crippen LogP) is 2.54. The number of nitrogens with one attached hydrogen (secondary N) is 1. The molecule has 21 heavy (non-hydrogen) atoms. The van der Waals surface area contributed by atoms with Gasteiger partial charge in [0.05, 0.1) is 0 Å². The van der Waals surface area contributed by atoms with Crippen molar-refractivity contribution in [3.63, 3.8) is 0 Å². The van der Waals surface area contributed by atoms with Crippen molar-refractivity contribution in [2.24, 2.45) is 0 Å². The Morgan fingerprint density at radius 1 is 1.19 bits per heavy atom. The van der Waals surface area contributed by atoms with Crippen molar-refractivity contribution in [2.45, 2.75) is 19.4 Å². The largest absolute Gasteiger partial charge is 0.373 e. The lowest BCUT2D eigenvalue weighted by molar-refractivity contribution is 0.364. The van der Waals surface area contributed by atoms with Crippen molar-refractivity contribution < 1.29 is 4.52 Å². The molecule has 0 radical (unpaired) electrons. The molecule has 0 amide bonds. The second-order valence-corrected chi connectivity index (χ2v) is 5.00. The molecule has 1 aliphatic rings. The average molecular weight is 279 g/mol. The molecule has 3 aromatic rings. The Hall–Kier alpha value is -2.76. The fraction of sp³-hybridized carbons (Fsp3) is 0.200. The second-order valence-electron chi connectivity index (χ2n) is 5.00. The van der Waals surface area contributed by atoms with E-state index in [1.165, 1.54) is 5.56 Å². The number of fused-ring (bicyclic) bond motifs is 1. The molecule has 0 bridgehead atoms. The molecule has 1 atom stereocenters. The molecule has 0 aliphatic carbocycles. The van der Waals surface area contributed by atoms with E-state index < -0.39 is 0 Å². The molecule has 0 saturated carbocycles. The van der Waals surface area contributed by atoms with Gasteiger partial charge in [0.1, 0.15) is 17.6 Å². The van der Waals surface area contributed by atoms with Gasteiger partial charge in [0.2, 0.25) is 11.7 Å².